The molecule has 2 aromatic heterocycles. The van der Waals surface area contributed by atoms with E-state index in [1.165, 1.54) is 10.9 Å². The summed E-state index contributed by atoms with van der Waals surface area (Å²) in [6.07, 6.45) is 5.30. The van der Waals surface area contributed by atoms with Crippen molar-refractivity contribution >= 4 is 23.1 Å². The van der Waals surface area contributed by atoms with Gasteiger partial charge in [0.05, 0.1) is 34.6 Å². The Kier molecular flexibility index (Phi) is 5.20. The number of halogens is 1. The van der Waals surface area contributed by atoms with Crippen molar-refractivity contribution in [3.8, 4) is 6.07 Å². The maximum Gasteiger partial charge on any atom is 0.269 e. The molecule has 2 aromatic rings. The van der Waals surface area contributed by atoms with Gasteiger partial charge in [0.15, 0.2) is 0 Å². The summed E-state index contributed by atoms with van der Waals surface area (Å²) in [7, 11) is 0. The number of aliphatic hydroxyl groups is 1. The zero-order valence-corrected chi connectivity index (χ0v) is 16.1. The average molecular weight is 401 g/mol. The fourth-order valence-corrected chi connectivity index (χ4v) is 4.19. The molecular weight excluding hydrogens is 380 g/mol. The largest absolute Gasteiger partial charge is 0.391 e. The highest BCUT2D eigenvalue weighted by molar-refractivity contribution is 6.33. The van der Waals surface area contributed by atoms with Crippen LogP contribution in [0, 0.1) is 11.3 Å². The van der Waals surface area contributed by atoms with Crippen molar-refractivity contribution in [3.05, 3.63) is 45.5 Å². The molecule has 8 nitrogen and oxygen atoms in total. The van der Waals surface area contributed by atoms with Gasteiger partial charge in [-0.2, -0.15) is 10.4 Å². The number of β-amino-alcohol motifs (C(OH)–C–C–N with tert-alkyl or cyclic N) is 1. The van der Waals surface area contributed by atoms with Gasteiger partial charge in [-0.1, -0.05) is 11.6 Å². The van der Waals surface area contributed by atoms with Crippen molar-refractivity contribution in [1.29, 1.82) is 5.26 Å². The lowest BCUT2D eigenvalue weighted by atomic mass is 10.1. The Morgan fingerprint density at radius 3 is 2.71 bits per heavy atom. The lowest BCUT2D eigenvalue weighted by Gasteiger charge is -2.34. The van der Waals surface area contributed by atoms with E-state index in [0.29, 0.717) is 35.9 Å². The van der Waals surface area contributed by atoms with Crippen LogP contribution in [0.15, 0.2) is 29.3 Å². The standard InChI is InChI=1S/C19H21ClN6O2/c20-17-6-13(8-21)9-22-19(17)25-4-1-2-14(11-25)26-18(28)7-15(10-23-26)24-5-3-16(27)12-24/h6-7,9-10,14,16,27H,1-5,11-12H2/t14-,16-/m0/s1. The first kappa shape index (κ1) is 18.7. The third-order valence-corrected chi connectivity index (χ3v) is 5.61. The normalized spacial score (nSPS) is 22.3. The third-order valence-electron chi connectivity index (χ3n) is 5.33. The topological polar surface area (TPSA) is 98.3 Å². The second kappa shape index (κ2) is 7.78. The average Bonchev–Trinajstić information content (AvgIpc) is 3.14. The third kappa shape index (κ3) is 3.68. The highest BCUT2D eigenvalue weighted by Crippen LogP contribution is 2.29. The van der Waals surface area contributed by atoms with Crippen LogP contribution in [-0.2, 0) is 0 Å². The van der Waals surface area contributed by atoms with E-state index in [1.807, 2.05) is 15.9 Å². The van der Waals surface area contributed by atoms with Gasteiger partial charge in [0.1, 0.15) is 11.9 Å². The highest BCUT2D eigenvalue weighted by Gasteiger charge is 2.26. The molecule has 0 aromatic carbocycles. The van der Waals surface area contributed by atoms with Crippen molar-refractivity contribution in [2.75, 3.05) is 36.0 Å². The van der Waals surface area contributed by atoms with E-state index in [0.717, 1.165) is 31.6 Å². The molecule has 2 aliphatic rings. The smallest absolute Gasteiger partial charge is 0.269 e. The summed E-state index contributed by atoms with van der Waals surface area (Å²) in [5, 5.41) is 23.5. The zero-order chi connectivity index (χ0) is 19.7. The van der Waals surface area contributed by atoms with Gasteiger partial charge in [0, 0.05) is 38.4 Å². The first-order valence-electron chi connectivity index (χ1n) is 9.37. The summed E-state index contributed by atoms with van der Waals surface area (Å²) in [4.78, 5) is 21.0. The van der Waals surface area contributed by atoms with E-state index in [4.69, 9.17) is 16.9 Å². The molecule has 0 saturated carbocycles. The summed E-state index contributed by atoms with van der Waals surface area (Å²) in [6.45, 7) is 2.62. The van der Waals surface area contributed by atoms with Gasteiger partial charge in [0.25, 0.3) is 5.56 Å². The van der Waals surface area contributed by atoms with Crippen LogP contribution in [0.3, 0.4) is 0 Å². The van der Waals surface area contributed by atoms with E-state index < -0.39 is 0 Å². The summed E-state index contributed by atoms with van der Waals surface area (Å²) in [6, 6.07) is 5.16. The minimum atomic E-state index is -0.348. The van der Waals surface area contributed by atoms with Gasteiger partial charge in [-0.05, 0) is 25.3 Å². The molecule has 0 unspecified atom stereocenters. The van der Waals surface area contributed by atoms with Crippen LogP contribution in [0.4, 0.5) is 11.5 Å². The van der Waals surface area contributed by atoms with Crippen LogP contribution in [0.1, 0.15) is 30.9 Å². The molecule has 1 N–H and O–H groups in total. The summed E-state index contributed by atoms with van der Waals surface area (Å²) in [5.41, 5.74) is 1.02. The number of piperidine rings is 1. The molecule has 2 fully saturated rings. The maximum atomic E-state index is 12.7. The van der Waals surface area contributed by atoms with Crippen molar-refractivity contribution in [3.63, 3.8) is 0 Å². The second-order valence-electron chi connectivity index (χ2n) is 7.27. The number of hydrogen-bond acceptors (Lipinski definition) is 7. The molecule has 0 spiro atoms. The van der Waals surface area contributed by atoms with Crippen LogP contribution in [0.25, 0.3) is 0 Å². The Bertz CT molecular complexity index is 972. The molecule has 28 heavy (non-hydrogen) atoms. The number of aliphatic hydroxyl groups excluding tert-OH is 1. The number of rotatable bonds is 3. The molecule has 146 valence electrons. The molecule has 2 saturated heterocycles. The first-order valence-corrected chi connectivity index (χ1v) is 9.75. The van der Waals surface area contributed by atoms with Gasteiger partial charge in [-0.25, -0.2) is 9.67 Å². The first-order chi connectivity index (χ1) is 13.5. The number of aromatic nitrogens is 3. The zero-order valence-electron chi connectivity index (χ0n) is 15.3. The Morgan fingerprint density at radius 1 is 1.18 bits per heavy atom. The van der Waals surface area contributed by atoms with Crippen molar-refractivity contribution < 1.29 is 5.11 Å². The van der Waals surface area contributed by atoms with Crippen LogP contribution in [0.2, 0.25) is 5.02 Å². The van der Waals surface area contributed by atoms with Gasteiger partial charge in [-0.3, -0.25) is 4.79 Å². The van der Waals surface area contributed by atoms with Gasteiger partial charge >= 0.3 is 0 Å². The lowest BCUT2D eigenvalue weighted by molar-refractivity contribution is 0.198. The minimum Gasteiger partial charge on any atom is -0.391 e. The Balaban J connectivity index is 1.53. The van der Waals surface area contributed by atoms with E-state index >= 15 is 0 Å². The Morgan fingerprint density at radius 2 is 2.04 bits per heavy atom. The molecule has 2 aliphatic heterocycles. The van der Waals surface area contributed by atoms with E-state index in [1.54, 1.807) is 18.3 Å². The monoisotopic (exact) mass is 400 g/mol. The molecular formula is C19H21ClN6O2. The molecule has 2 atom stereocenters. The molecule has 0 aliphatic carbocycles. The predicted octanol–water partition coefficient (Wildman–Crippen LogP) is 1.58. The van der Waals surface area contributed by atoms with E-state index in [-0.39, 0.29) is 17.7 Å². The molecule has 0 amide bonds. The predicted molar refractivity (Wildman–Crippen MR) is 106 cm³/mol. The van der Waals surface area contributed by atoms with Gasteiger partial charge in [-0.15, -0.1) is 0 Å². The molecule has 0 radical (unpaired) electrons. The fraction of sp³-hybridized carbons (Fsp3) is 0.474. The Hall–Kier alpha value is -2.63. The SMILES string of the molecule is N#Cc1cnc(N2CCC[C@H](n3ncc(N4CC[C@H](O)C4)cc3=O)C2)c(Cl)c1. The van der Waals surface area contributed by atoms with E-state index in [2.05, 4.69) is 10.1 Å². The van der Waals surface area contributed by atoms with Crippen LogP contribution in [0.5, 0.6) is 0 Å². The Labute approximate surface area is 167 Å². The van der Waals surface area contributed by atoms with Crippen molar-refractivity contribution in [2.24, 2.45) is 0 Å². The summed E-state index contributed by atoms with van der Waals surface area (Å²) in [5.74, 6) is 0.626. The van der Waals surface area contributed by atoms with Crippen LogP contribution < -0.4 is 15.4 Å². The van der Waals surface area contributed by atoms with E-state index in [9.17, 15) is 9.90 Å². The molecule has 4 heterocycles. The second-order valence-corrected chi connectivity index (χ2v) is 7.68. The quantitative estimate of drug-likeness (QED) is 0.834. The number of anilines is 2. The maximum absolute atomic E-state index is 12.7. The van der Waals surface area contributed by atoms with Crippen molar-refractivity contribution in [2.45, 2.75) is 31.4 Å². The number of nitrogens with zero attached hydrogens (tertiary/aromatic N) is 6. The van der Waals surface area contributed by atoms with Crippen LogP contribution in [-0.4, -0.2) is 52.2 Å². The summed E-state index contributed by atoms with van der Waals surface area (Å²) < 4.78 is 1.53. The lowest BCUT2D eigenvalue weighted by Crippen LogP contribution is -2.41. The van der Waals surface area contributed by atoms with Gasteiger partial charge < -0.3 is 14.9 Å². The summed E-state index contributed by atoms with van der Waals surface area (Å²) >= 11 is 6.31. The van der Waals surface area contributed by atoms with Gasteiger partial charge in [0.2, 0.25) is 0 Å². The number of hydrogen-bond donors (Lipinski definition) is 1. The number of pyridine rings is 1. The number of nitriles is 1. The molecule has 0 bridgehead atoms. The fourth-order valence-electron chi connectivity index (χ4n) is 3.90. The van der Waals surface area contributed by atoms with Crippen LogP contribution >= 0.6 is 11.6 Å². The molecule has 9 heteroatoms. The highest BCUT2D eigenvalue weighted by atomic mass is 35.5. The van der Waals surface area contributed by atoms with Crippen molar-refractivity contribution in [1.82, 2.24) is 14.8 Å². The molecule has 4 rings (SSSR count). The minimum absolute atomic E-state index is 0.0759.